The minimum atomic E-state index is -0.395. The minimum Gasteiger partial charge on any atom is -0.449 e. The molecule has 0 fully saturated rings. The summed E-state index contributed by atoms with van der Waals surface area (Å²) in [6, 6.07) is 15.7. The zero-order chi connectivity index (χ0) is 37.9. The molecular weight excluding hydrogens is 657 g/mol. The van der Waals surface area contributed by atoms with Gasteiger partial charge in [0.25, 0.3) is 0 Å². The van der Waals surface area contributed by atoms with Crippen molar-refractivity contribution in [3.63, 3.8) is 0 Å². The van der Waals surface area contributed by atoms with Crippen molar-refractivity contribution in [2.75, 3.05) is 23.8 Å². The molecule has 300 valence electrons. The van der Waals surface area contributed by atoms with Gasteiger partial charge in [-0.25, -0.2) is 9.59 Å². The molecule has 0 bridgehead atoms. The van der Waals surface area contributed by atoms with Gasteiger partial charge < -0.3 is 9.47 Å². The third kappa shape index (κ3) is 27.3. The van der Waals surface area contributed by atoms with Crippen LogP contribution >= 0.6 is 0 Å². The van der Waals surface area contributed by atoms with E-state index < -0.39 is 12.2 Å². The lowest BCUT2D eigenvalue weighted by Gasteiger charge is -2.09. The van der Waals surface area contributed by atoms with Crippen LogP contribution in [-0.2, 0) is 15.9 Å². The van der Waals surface area contributed by atoms with Crippen molar-refractivity contribution in [1.82, 2.24) is 0 Å². The molecule has 6 nitrogen and oxygen atoms in total. The number of nitrogens with one attached hydrogen (secondary N) is 2. The highest BCUT2D eigenvalue weighted by Gasteiger charge is 2.06. The third-order valence-electron chi connectivity index (χ3n) is 10.3. The van der Waals surface area contributed by atoms with Crippen LogP contribution in [0.5, 0.6) is 0 Å². The Morgan fingerprint density at radius 1 is 0.377 bits per heavy atom. The van der Waals surface area contributed by atoms with Crippen LogP contribution in [0.15, 0.2) is 48.5 Å². The van der Waals surface area contributed by atoms with Crippen molar-refractivity contribution in [2.45, 2.75) is 200 Å². The molecule has 2 N–H and O–H groups in total. The van der Waals surface area contributed by atoms with E-state index in [-0.39, 0.29) is 0 Å². The van der Waals surface area contributed by atoms with Crippen molar-refractivity contribution in [2.24, 2.45) is 0 Å². The van der Waals surface area contributed by atoms with Crippen LogP contribution in [0, 0.1) is 0 Å². The Labute approximate surface area is 325 Å². The molecule has 2 aromatic carbocycles. The van der Waals surface area contributed by atoms with E-state index in [0.717, 1.165) is 54.6 Å². The number of ether oxygens (including phenoxy) is 2. The van der Waals surface area contributed by atoms with E-state index in [0.29, 0.717) is 13.2 Å². The molecule has 6 heteroatoms. The van der Waals surface area contributed by atoms with Crippen LogP contribution in [0.25, 0.3) is 0 Å². The second-order valence-electron chi connectivity index (χ2n) is 15.3. The van der Waals surface area contributed by atoms with Gasteiger partial charge in [-0.3, -0.25) is 10.6 Å². The summed E-state index contributed by atoms with van der Waals surface area (Å²) in [5.74, 6) is 0. The van der Waals surface area contributed by atoms with Gasteiger partial charge in [0.1, 0.15) is 0 Å². The van der Waals surface area contributed by atoms with Gasteiger partial charge in [0.2, 0.25) is 0 Å². The average Bonchev–Trinajstić information content (AvgIpc) is 3.16. The number of rotatable bonds is 34. The Kier molecular flexibility index (Phi) is 29.2. The number of hydrogen-bond acceptors (Lipinski definition) is 4. The Hall–Kier alpha value is -3.02. The van der Waals surface area contributed by atoms with Crippen LogP contribution in [-0.4, -0.2) is 25.4 Å². The molecular formula is C47H78N2O4. The molecule has 0 atom stereocenters. The Balaban J connectivity index is 1.44. The monoisotopic (exact) mass is 735 g/mol. The van der Waals surface area contributed by atoms with E-state index in [2.05, 4.69) is 24.5 Å². The van der Waals surface area contributed by atoms with Crippen molar-refractivity contribution in [3.05, 3.63) is 59.7 Å². The van der Waals surface area contributed by atoms with Crippen LogP contribution in [0.4, 0.5) is 21.0 Å². The van der Waals surface area contributed by atoms with Crippen molar-refractivity contribution < 1.29 is 19.1 Å². The minimum absolute atomic E-state index is 0.395. The highest BCUT2D eigenvalue weighted by Crippen LogP contribution is 2.18. The highest BCUT2D eigenvalue weighted by molar-refractivity contribution is 5.85. The summed E-state index contributed by atoms with van der Waals surface area (Å²) in [4.78, 5) is 24.5. The number of unbranched alkanes of at least 4 members (excludes halogenated alkanes) is 26. The fourth-order valence-corrected chi connectivity index (χ4v) is 6.88. The lowest BCUT2D eigenvalue weighted by molar-refractivity contribution is 0.158. The first kappa shape index (κ1) is 46.1. The van der Waals surface area contributed by atoms with Gasteiger partial charge in [0.15, 0.2) is 0 Å². The summed E-state index contributed by atoms with van der Waals surface area (Å²) in [6.45, 7) is 5.47. The summed E-state index contributed by atoms with van der Waals surface area (Å²) in [7, 11) is 0. The van der Waals surface area contributed by atoms with Crippen LogP contribution in [0.2, 0.25) is 0 Å². The van der Waals surface area contributed by atoms with E-state index in [1.165, 1.54) is 154 Å². The van der Waals surface area contributed by atoms with E-state index in [1.807, 2.05) is 48.5 Å². The van der Waals surface area contributed by atoms with Gasteiger partial charge in [-0.15, -0.1) is 0 Å². The second-order valence-corrected chi connectivity index (χ2v) is 15.3. The summed E-state index contributed by atoms with van der Waals surface area (Å²) in [5, 5.41) is 5.68. The fraction of sp³-hybridized carbons (Fsp3) is 0.702. The normalized spacial score (nSPS) is 11.1. The summed E-state index contributed by atoms with van der Waals surface area (Å²) < 4.78 is 10.8. The third-order valence-corrected chi connectivity index (χ3v) is 10.3. The van der Waals surface area contributed by atoms with Crippen molar-refractivity contribution >= 4 is 23.6 Å². The predicted octanol–water partition coefficient (Wildman–Crippen LogP) is 15.3. The first-order valence-electron chi connectivity index (χ1n) is 22.2. The maximum absolute atomic E-state index is 12.2. The van der Waals surface area contributed by atoms with E-state index >= 15 is 0 Å². The molecule has 0 unspecified atom stereocenters. The van der Waals surface area contributed by atoms with E-state index in [4.69, 9.17) is 9.47 Å². The summed E-state index contributed by atoms with van der Waals surface area (Å²) in [6.07, 6.45) is 36.6. The largest absolute Gasteiger partial charge is 0.449 e. The van der Waals surface area contributed by atoms with Crippen molar-refractivity contribution in [3.8, 4) is 0 Å². The number of carbonyl (C=O) groups excluding carboxylic acids is 2. The first-order valence-corrected chi connectivity index (χ1v) is 22.2. The second kappa shape index (κ2) is 33.5. The van der Waals surface area contributed by atoms with Crippen LogP contribution < -0.4 is 10.6 Å². The van der Waals surface area contributed by atoms with E-state index in [9.17, 15) is 9.59 Å². The van der Waals surface area contributed by atoms with Crippen molar-refractivity contribution in [1.29, 1.82) is 0 Å². The summed E-state index contributed by atoms with van der Waals surface area (Å²) >= 11 is 0. The Morgan fingerprint density at radius 3 is 0.887 bits per heavy atom. The lowest BCUT2D eigenvalue weighted by atomic mass is 10.0. The molecule has 53 heavy (non-hydrogen) atoms. The smallest absolute Gasteiger partial charge is 0.411 e. The number of carbonyl (C=O) groups is 2. The maximum Gasteiger partial charge on any atom is 0.411 e. The molecule has 2 amide bonds. The molecule has 0 radical (unpaired) electrons. The number of hydrogen-bond donors (Lipinski definition) is 2. The molecule has 0 saturated carbocycles. The molecule has 0 saturated heterocycles. The first-order chi connectivity index (χ1) is 26.1. The average molecular weight is 735 g/mol. The summed E-state index contributed by atoms with van der Waals surface area (Å²) in [5.41, 5.74) is 3.73. The van der Waals surface area contributed by atoms with Gasteiger partial charge in [0.05, 0.1) is 13.2 Å². The van der Waals surface area contributed by atoms with Gasteiger partial charge in [0, 0.05) is 11.4 Å². The highest BCUT2D eigenvalue weighted by atomic mass is 16.6. The van der Waals surface area contributed by atoms with Gasteiger partial charge in [-0.2, -0.15) is 0 Å². The maximum atomic E-state index is 12.2. The van der Waals surface area contributed by atoms with Gasteiger partial charge in [-0.05, 0) is 54.7 Å². The zero-order valence-corrected chi connectivity index (χ0v) is 34.2. The molecule has 0 heterocycles. The zero-order valence-electron chi connectivity index (χ0n) is 34.2. The molecule has 2 rings (SSSR count). The molecule has 0 aromatic heterocycles. The van der Waals surface area contributed by atoms with Gasteiger partial charge in [-0.1, -0.05) is 205 Å². The molecule has 0 spiro atoms. The standard InChI is InChI=1S/C47H78N2O4/c1-3-5-7-9-11-13-15-17-19-21-23-25-27-29-39-52-46(50)48-44-35-31-42(32-36-44)41-43-33-37-45(38-34-43)49-47(51)53-40-30-28-26-24-22-20-18-16-14-12-10-8-6-4-2/h31-38H,3-30,39-41H2,1-2H3,(H,48,50)(H,49,51). The molecule has 2 aromatic rings. The lowest BCUT2D eigenvalue weighted by Crippen LogP contribution is -2.14. The molecule has 0 aliphatic heterocycles. The topological polar surface area (TPSA) is 76.7 Å². The molecule has 0 aliphatic carbocycles. The fourth-order valence-electron chi connectivity index (χ4n) is 6.88. The Bertz CT molecular complexity index is 1040. The SMILES string of the molecule is CCCCCCCCCCCCCCCCOC(=O)Nc1ccc(Cc2ccc(NC(=O)OCCCCCCCCCCCCCCCC)cc2)cc1. The number of amides is 2. The van der Waals surface area contributed by atoms with E-state index in [1.54, 1.807) is 0 Å². The quantitative estimate of drug-likeness (QED) is 0.0702. The predicted molar refractivity (Wildman–Crippen MR) is 226 cm³/mol. The number of anilines is 2. The van der Waals surface area contributed by atoms with Crippen LogP contribution in [0.1, 0.15) is 205 Å². The molecule has 0 aliphatic rings. The number of benzene rings is 2. The van der Waals surface area contributed by atoms with Gasteiger partial charge >= 0.3 is 12.2 Å². The van der Waals surface area contributed by atoms with Crippen LogP contribution in [0.3, 0.4) is 0 Å². The Morgan fingerprint density at radius 2 is 0.623 bits per heavy atom.